The van der Waals surface area contributed by atoms with Crippen LogP contribution in [0.5, 0.6) is 0 Å². The maximum atomic E-state index is 13.2. The fourth-order valence-electron chi connectivity index (χ4n) is 0.981. The third kappa shape index (κ3) is 1.84. The zero-order valence-electron chi connectivity index (χ0n) is 6.92. The van der Waals surface area contributed by atoms with Crippen LogP contribution < -0.4 is 11.5 Å². The number of rotatable bonds is 2. The molecule has 4 heteroatoms. The Morgan fingerprint density at radius 3 is 2.62 bits per heavy atom. The van der Waals surface area contributed by atoms with Crippen LogP contribution in [0.15, 0.2) is 24.4 Å². The number of halogens is 1. The summed E-state index contributed by atoms with van der Waals surface area (Å²) in [5.74, 6) is -0.472. The number of nitrogens with two attached hydrogens (primary N) is 2. The number of benzene rings is 1. The number of allylic oxidation sites excluding steroid dienone is 1. The highest BCUT2D eigenvalue weighted by Crippen LogP contribution is 2.18. The predicted octanol–water partition coefficient (Wildman–Crippen LogP) is 1.36. The van der Waals surface area contributed by atoms with E-state index in [0.717, 1.165) is 6.21 Å². The van der Waals surface area contributed by atoms with Gasteiger partial charge in [0.2, 0.25) is 0 Å². The third-order valence-corrected chi connectivity index (χ3v) is 1.64. The Hall–Kier alpha value is -1.84. The predicted molar refractivity (Wildman–Crippen MR) is 51.8 cm³/mol. The van der Waals surface area contributed by atoms with Crippen molar-refractivity contribution in [1.82, 2.24) is 0 Å². The lowest BCUT2D eigenvalue weighted by Crippen LogP contribution is -1.96. The molecule has 3 nitrogen and oxygen atoms in total. The van der Waals surface area contributed by atoms with E-state index in [4.69, 9.17) is 16.9 Å². The first-order chi connectivity index (χ1) is 6.19. The Balaban J connectivity index is 3.22. The van der Waals surface area contributed by atoms with Crippen molar-refractivity contribution in [2.24, 2.45) is 5.73 Å². The number of anilines is 1. The van der Waals surface area contributed by atoms with Crippen LogP contribution in [-0.2, 0) is 0 Å². The summed E-state index contributed by atoms with van der Waals surface area (Å²) in [7, 11) is 0. The maximum Gasteiger partial charge on any atom is 0.133 e. The second-order valence-corrected chi connectivity index (χ2v) is 2.51. The molecule has 0 heterocycles. The monoisotopic (exact) mass is 179 g/mol. The molecule has 68 valence electrons. The SMILES string of the molecule is N=C/C(=C\N)c1ccc(N)cc1F. The van der Waals surface area contributed by atoms with Crippen molar-refractivity contribution in [3.05, 3.63) is 35.8 Å². The second kappa shape index (κ2) is 3.71. The van der Waals surface area contributed by atoms with Gasteiger partial charge in [-0.1, -0.05) is 0 Å². The zero-order chi connectivity index (χ0) is 9.84. The topological polar surface area (TPSA) is 75.9 Å². The zero-order valence-corrected chi connectivity index (χ0v) is 6.92. The quantitative estimate of drug-likeness (QED) is 0.473. The van der Waals surface area contributed by atoms with E-state index in [9.17, 15) is 4.39 Å². The molecule has 0 aliphatic rings. The van der Waals surface area contributed by atoms with Crippen LogP contribution in [0.1, 0.15) is 5.56 Å². The van der Waals surface area contributed by atoms with Crippen molar-refractivity contribution in [3.8, 4) is 0 Å². The summed E-state index contributed by atoms with van der Waals surface area (Å²) in [5, 5.41) is 6.98. The lowest BCUT2D eigenvalue weighted by atomic mass is 10.1. The summed E-state index contributed by atoms with van der Waals surface area (Å²) in [4.78, 5) is 0. The normalized spacial score (nSPS) is 11.3. The van der Waals surface area contributed by atoms with Gasteiger partial charge in [-0.25, -0.2) is 4.39 Å². The summed E-state index contributed by atoms with van der Waals surface area (Å²) in [5.41, 5.74) is 11.5. The van der Waals surface area contributed by atoms with E-state index in [1.165, 1.54) is 18.3 Å². The average molecular weight is 179 g/mol. The number of nitrogens with one attached hydrogen (secondary N) is 1. The smallest absolute Gasteiger partial charge is 0.133 e. The molecular weight excluding hydrogens is 169 g/mol. The Kier molecular flexibility index (Phi) is 2.64. The molecule has 0 aromatic heterocycles. The van der Waals surface area contributed by atoms with Crippen LogP contribution in [0.3, 0.4) is 0 Å². The molecule has 0 atom stereocenters. The highest BCUT2D eigenvalue weighted by Gasteiger charge is 2.04. The van der Waals surface area contributed by atoms with Gasteiger partial charge in [0.25, 0.3) is 0 Å². The molecule has 0 fully saturated rings. The van der Waals surface area contributed by atoms with Crippen molar-refractivity contribution < 1.29 is 4.39 Å². The van der Waals surface area contributed by atoms with Gasteiger partial charge in [0.05, 0.1) is 0 Å². The van der Waals surface area contributed by atoms with Crippen molar-refractivity contribution in [2.75, 3.05) is 5.73 Å². The maximum absolute atomic E-state index is 13.2. The first kappa shape index (κ1) is 9.25. The minimum absolute atomic E-state index is 0.284. The fraction of sp³-hybridized carbons (Fsp3) is 0. The molecule has 1 aromatic rings. The Morgan fingerprint density at radius 1 is 1.46 bits per heavy atom. The summed E-state index contributed by atoms with van der Waals surface area (Å²) in [6, 6.07) is 4.25. The van der Waals surface area contributed by atoms with Gasteiger partial charge in [0.1, 0.15) is 5.82 Å². The lowest BCUT2D eigenvalue weighted by Gasteiger charge is -2.02. The number of nitrogen functional groups attached to an aromatic ring is 1. The van der Waals surface area contributed by atoms with Gasteiger partial charge in [0, 0.05) is 29.2 Å². The molecule has 0 bridgehead atoms. The standard InChI is InChI=1S/C9H10FN3/c10-9-3-7(13)1-2-8(9)6(4-11)5-12/h1-5,11H,12-13H2/b6-5+,11-4?. The largest absolute Gasteiger partial charge is 0.404 e. The molecule has 1 aromatic carbocycles. The molecular formula is C9H10FN3. The van der Waals surface area contributed by atoms with E-state index < -0.39 is 5.82 Å². The molecule has 13 heavy (non-hydrogen) atoms. The number of hydrogen-bond acceptors (Lipinski definition) is 3. The summed E-state index contributed by atoms with van der Waals surface area (Å²) in [6.45, 7) is 0. The first-order valence-corrected chi connectivity index (χ1v) is 3.67. The Bertz CT molecular complexity index is 358. The molecule has 0 spiro atoms. The van der Waals surface area contributed by atoms with Crippen molar-refractivity contribution in [2.45, 2.75) is 0 Å². The van der Waals surface area contributed by atoms with Crippen LogP contribution in [-0.4, -0.2) is 6.21 Å². The van der Waals surface area contributed by atoms with Gasteiger partial charge < -0.3 is 16.9 Å². The van der Waals surface area contributed by atoms with Crippen LogP contribution >= 0.6 is 0 Å². The Labute approximate surface area is 75.4 Å². The van der Waals surface area contributed by atoms with Crippen LogP contribution in [0, 0.1) is 11.2 Å². The summed E-state index contributed by atoms with van der Waals surface area (Å²) in [6.07, 6.45) is 2.18. The third-order valence-electron chi connectivity index (χ3n) is 1.64. The van der Waals surface area contributed by atoms with Crippen LogP contribution in [0.4, 0.5) is 10.1 Å². The summed E-state index contributed by atoms with van der Waals surface area (Å²) < 4.78 is 13.2. The van der Waals surface area contributed by atoms with E-state index >= 15 is 0 Å². The second-order valence-electron chi connectivity index (χ2n) is 2.51. The summed E-state index contributed by atoms with van der Waals surface area (Å²) >= 11 is 0. The molecule has 0 unspecified atom stereocenters. The molecule has 0 saturated heterocycles. The first-order valence-electron chi connectivity index (χ1n) is 3.67. The van der Waals surface area contributed by atoms with E-state index in [1.54, 1.807) is 6.07 Å². The molecule has 0 saturated carbocycles. The average Bonchev–Trinajstić information content (AvgIpc) is 2.10. The van der Waals surface area contributed by atoms with Gasteiger partial charge in [-0.3, -0.25) is 0 Å². The van der Waals surface area contributed by atoms with Gasteiger partial charge in [-0.2, -0.15) is 0 Å². The van der Waals surface area contributed by atoms with Crippen LogP contribution in [0.2, 0.25) is 0 Å². The molecule has 0 aliphatic heterocycles. The number of hydrogen-bond donors (Lipinski definition) is 3. The fourth-order valence-corrected chi connectivity index (χ4v) is 0.981. The van der Waals surface area contributed by atoms with Gasteiger partial charge in [0.15, 0.2) is 0 Å². The van der Waals surface area contributed by atoms with Gasteiger partial charge in [-0.05, 0) is 18.2 Å². The lowest BCUT2D eigenvalue weighted by molar-refractivity contribution is 0.625. The van der Waals surface area contributed by atoms with Crippen molar-refractivity contribution >= 4 is 17.5 Å². The molecule has 0 radical (unpaired) electrons. The van der Waals surface area contributed by atoms with E-state index in [-0.39, 0.29) is 5.56 Å². The minimum Gasteiger partial charge on any atom is -0.404 e. The Morgan fingerprint density at radius 2 is 2.15 bits per heavy atom. The van der Waals surface area contributed by atoms with Gasteiger partial charge in [-0.15, -0.1) is 0 Å². The van der Waals surface area contributed by atoms with Gasteiger partial charge >= 0.3 is 0 Å². The highest BCUT2D eigenvalue weighted by molar-refractivity contribution is 6.08. The molecule has 0 aliphatic carbocycles. The highest BCUT2D eigenvalue weighted by atomic mass is 19.1. The van der Waals surface area contributed by atoms with E-state index in [1.807, 2.05) is 0 Å². The molecule has 5 N–H and O–H groups in total. The molecule has 0 amide bonds. The van der Waals surface area contributed by atoms with Crippen molar-refractivity contribution in [3.63, 3.8) is 0 Å². The van der Waals surface area contributed by atoms with Crippen molar-refractivity contribution in [1.29, 1.82) is 5.41 Å². The van der Waals surface area contributed by atoms with Crippen LogP contribution in [0.25, 0.3) is 5.57 Å². The van der Waals surface area contributed by atoms with E-state index in [0.29, 0.717) is 11.3 Å². The minimum atomic E-state index is -0.472. The molecule has 1 rings (SSSR count). The van der Waals surface area contributed by atoms with E-state index in [2.05, 4.69) is 0 Å².